The van der Waals surface area contributed by atoms with Crippen LogP contribution < -0.4 is 10.6 Å². The predicted molar refractivity (Wildman–Crippen MR) is 67.8 cm³/mol. The van der Waals surface area contributed by atoms with E-state index in [4.69, 9.17) is 0 Å². The fraction of sp³-hybridized carbons (Fsp3) is 0.917. The van der Waals surface area contributed by atoms with Crippen LogP contribution in [0, 0.1) is 5.92 Å². The lowest BCUT2D eigenvalue weighted by atomic mass is 10.1. The van der Waals surface area contributed by atoms with E-state index >= 15 is 0 Å². The van der Waals surface area contributed by atoms with Gasteiger partial charge in [-0.1, -0.05) is 12.8 Å². The van der Waals surface area contributed by atoms with Gasteiger partial charge in [0, 0.05) is 18.5 Å². The highest BCUT2D eigenvalue weighted by Gasteiger charge is 2.25. The molecule has 3 nitrogen and oxygen atoms in total. The van der Waals surface area contributed by atoms with E-state index in [0.29, 0.717) is 18.5 Å². The van der Waals surface area contributed by atoms with Gasteiger partial charge >= 0.3 is 0 Å². The van der Waals surface area contributed by atoms with Crippen LogP contribution in [0.25, 0.3) is 0 Å². The molecule has 94 valence electrons. The van der Waals surface area contributed by atoms with Gasteiger partial charge in [0.25, 0.3) is 0 Å². The molecule has 16 heavy (non-hydrogen) atoms. The highest BCUT2D eigenvalue weighted by Crippen LogP contribution is 2.33. The summed E-state index contributed by atoms with van der Waals surface area (Å²) in [4.78, 5) is 11.7. The lowest BCUT2D eigenvalue weighted by Crippen LogP contribution is -2.37. The first-order valence-corrected chi connectivity index (χ1v) is 6.27. The van der Waals surface area contributed by atoms with Crippen LogP contribution in [-0.2, 0) is 4.79 Å². The highest BCUT2D eigenvalue weighted by molar-refractivity contribution is 5.85. The van der Waals surface area contributed by atoms with Crippen LogP contribution in [0.5, 0.6) is 0 Å². The summed E-state index contributed by atoms with van der Waals surface area (Å²) in [6.45, 7) is 3.20. The fourth-order valence-corrected chi connectivity index (χ4v) is 2.40. The first-order chi connectivity index (χ1) is 7.24. The van der Waals surface area contributed by atoms with Gasteiger partial charge in [-0.2, -0.15) is 0 Å². The zero-order valence-corrected chi connectivity index (χ0v) is 10.8. The average molecular weight is 247 g/mol. The Balaban J connectivity index is 0.00000128. The second-order valence-corrected chi connectivity index (χ2v) is 5.15. The lowest BCUT2D eigenvalue weighted by Gasteiger charge is -2.15. The van der Waals surface area contributed by atoms with Gasteiger partial charge in [-0.05, 0) is 38.6 Å². The van der Waals surface area contributed by atoms with E-state index < -0.39 is 0 Å². The van der Waals surface area contributed by atoms with Gasteiger partial charge in [-0.3, -0.25) is 4.79 Å². The van der Waals surface area contributed by atoms with E-state index in [1.807, 2.05) is 0 Å². The molecule has 2 fully saturated rings. The summed E-state index contributed by atoms with van der Waals surface area (Å²) in [5.41, 5.74) is 0. The molecule has 1 amide bonds. The average Bonchev–Trinajstić information content (AvgIpc) is 2.80. The monoisotopic (exact) mass is 246 g/mol. The SMILES string of the molecule is CC(CC1CC1)NC(=O)CC1CCCN1.Cl. The Kier molecular flexibility index (Phi) is 5.56. The normalized spacial score (nSPS) is 25.9. The fourth-order valence-electron chi connectivity index (χ4n) is 2.40. The molecule has 0 aromatic heterocycles. The first-order valence-electron chi connectivity index (χ1n) is 6.27. The largest absolute Gasteiger partial charge is 0.354 e. The summed E-state index contributed by atoms with van der Waals surface area (Å²) >= 11 is 0. The number of carbonyl (C=O) groups is 1. The van der Waals surface area contributed by atoms with E-state index in [9.17, 15) is 4.79 Å². The molecule has 1 aliphatic carbocycles. The molecular weight excluding hydrogens is 224 g/mol. The number of amides is 1. The number of nitrogens with one attached hydrogen (secondary N) is 2. The molecule has 1 saturated carbocycles. The third-order valence-corrected chi connectivity index (χ3v) is 3.39. The molecule has 4 heteroatoms. The van der Waals surface area contributed by atoms with Gasteiger partial charge in [0.05, 0.1) is 0 Å². The molecule has 0 bridgehead atoms. The summed E-state index contributed by atoms with van der Waals surface area (Å²) < 4.78 is 0. The second-order valence-electron chi connectivity index (χ2n) is 5.15. The molecule has 2 rings (SSSR count). The highest BCUT2D eigenvalue weighted by atomic mass is 35.5. The van der Waals surface area contributed by atoms with Gasteiger partial charge in [-0.25, -0.2) is 0 Å². The third-order valence-electron chi connectivity index (χ3n) is 3.39. The van der Waals surface area contributed by atoms with Gasteiger partial charge in [-0.15, -0.1) is 12.4 Å². The minimum Gasteiger partial charge on any atom is -0.354 e. The Morgan fingerprint density at radius 3 is 2.75 bits per heavy atom. The van der Waals surface area contributed by atoms with Crippen molar-refractivity contribution >= 4 is 18.3 Å². The zero-order chi connectivity index (χ0) is 10.7. The van der Waals surface area contributed by atoms with Crippen molar-refractivity contribution in [2.24, 2.45) is 5.92 Å². The maximum absolute atomic E-state index is 11.7. The number of hydrogen-bond donors (Lipinski definition) is 2. The minimum atomic E-state index is 0. The molecule has 2 N–H and O–H groups in total. The van der Waals surface area contributed by atoms with Crippen molar-refractivity contribution in [2.45, 2.75) is 57.5 Å². The molecule has 1 saturated heterocycles. The number of halogens is 1. The predicted octanol–water partition coefficient (Wildman–Crippen LogP) is 1.86. The molecule has 2 aliphatic rings. The van der Waals surface area contributed by atoms with Crippen LogP contribution in [0.3, 0.4) is 0 Å². The topological polar surface area (TPSA) is 41.1 Å². The summed E-state index contributed by atoms with van der Waals surface area (Å²) in [6, 6.07) is 0.796. The lowest BCUT2D eigenvalue weighted by molar-refractivity contribution is -0.122. The van der Waals surface area contributed by atoms with E-state index in [0.717, 1.165) is 18.9 Å². The van der Waals surface area contributed by atoms with Crippen LogP contribution >= 0.6 is 12.4 Å². The van der Waals surface area contributed by atoms with Crippen molar-refractivity contribution in [1.82, 2.24) is 10.6 Å². The molecule has 0 aromatic rings. The van der Waals surface area contributed by atoms with Crippen LogP contribution in [0.4, 0.5) is 0 Å². The van der Waals surface area contributed by atoms with E-state index in [1.54, 1.807) is 0 Å². The quantitative estimate of drug-likeness (QED) is 0.778. The molecule has 0 spiro atoms. The van der Waals surface area contributed by atoms with Crippen molar-refractivity contribution < 1.29 is 4.79 Å². The van der Waals surface area contributed by atoms with Crippen molar-refractivity contribution in [2.75, 3.05) is 6.54 Å². The van der Waals surface area contributed by atoms with Crippen LogP contribution in [-0.4, -0.2) is 24.5 Å². The number of hydrogen-bond acceptors (Lipinski definition) is 2. The molecule has 2 unspecified atom stereocenters. The Labute approximate surface area is 104 Å². The Bertz CT molecular complexity index is 225. The van der Waals surface area contributed by atoms with Gasteiger partial charge < -0.3 is 10.6 Å². The van der Waals surface area contributed by atoms with E-state index in [2.05, 4.69) is 17.6 Å². The van der Waals surface area contributed by atoms with E-state index in [1.165, 1.54) is 25.7 Å². The molecule has 2 atom stereocenters. The van der Waals surface area contributed by atoms with Crippen molar-refractivity contribution in [3.63, 3.8) is 0 Å². The van der Waals surface area contributed by atoms with Crippen molar-refractivity contribution in [3.05, 3.63) is 0 Å². The van der Waals surface area contributed by atoms with Gasteiger partial charge in [0.2, 0.25) is 5.91 Å². The summed E-state index contributed by atoms with van der Waals surface area (Å²) in [5, 5.41) is 6.45. The minimum absolute atomic E-state index is 0. The zero-order valence-electron chi connectivity index (χ0n) is 10.00. The third kappa shape index (κ3) is 4.71. The number of rotatable bonds is 5. The molecule has 0 radical (unpaired) electrons. The van der Waals surface area contributed by atoms with Crippen molar-refractivity contribution in [1.29, 1.82) is 0 Å². The van der Waals surface area contributed by atoms with Crippen LogP contribution in [0.1, 0.15) is 45.4 Å². The van der Waals surface area contributed by atoms with Gasteiger partial charge in [0.15, 0.2) is 0 Å². The molecule has 0 aromatic carbocycles. The molecule has 1 heterocycles. The van der Waals surface area contributed by atoms with Crippen molar-refractivity contribution in [3.8, 4) is 0 Å². The Morgan fingerprint density at radius 2 is 2.19 bits per heavy atom. The Morgan fingerprint density at radius 1 is 1.44 bits per heavy atom. The molecular formula is C12H23ClN2O. The maximum atomic E-state index is 11.7. The van der Waals surface area contributed by atoms with Gasteiger partial charge in [0.1, 0.15) is 0 Å². The van der Waals surface area contributed by atoms with Crippen LogP contribution in [0.15, 0.2) is 0 Å². The van der Waals surface area contributed by atoms with E-state index in [-0.39, 0.29) is 18.3 Å². The Hall–Kier alpha value is -0.280. The first kappa shape index (κ1) is 13.8. The maximum Gasteiger partial charge on any atom is 0.221 e. The summed E-state index contributed by atoms with van der Waals surface area (Å²) in [7, 11) is 0. The smallest absolute Gasteiger partial charge is 0.221 e. The standard InChI is InChI=1S/C12H22N2O.ClH/c1-9(7-10-4-5-10)14-12(15)8-11-3-2-6-13-11;/h9-11,13H,2-8H2,1H3,(H,14,15);1H. The second kappa shape index (κ2) is 6.45. The van der Waals surface area contributed by atoms with Crippen LogP contribution in [0.2, 0.25) is 0 Å². The number of carbonyl (C=O) groups excluding carboxylic acids is 1. The summed E-state index contributed by atoms with van der Waals surface area (Å²) in [6.07, 6.45) is 6.94. The summed E-state index contributed by atoms with van der Waals surface area (Å²) in [5.74, 6) is 1.12. The molecule has 1 aliphatic heterocycles.